The molecule has 1 aliphatic heterocycles. The lowest BCUT2D eigenvalue weighted by Gasteiger charge is -2.36. The monoisotopic (exact) mass is 375 g/mol. The van der Waals surface area contributed by atoms with Gasteiger partial charge in [0.15, 0.2) is 0 Å². The van der Waals surface area contributed by atoms with Gasteiger partial charge in [-0.25, -0.2) is 8.42 Å². The van der Waals surface area contributed by atoms with Crippen molar-refractivity contribution in [2.45, 2.75) is 11.8 Å². The van der Waals surface area contributed by atoms with Gasteiger partial charge in [0, 0.05) is 36.9 Å². The van der Waals surface area contributed by atoms with Gasteiger partial charge in [-0.1, -0.05) is 17.7 Å². The normalized spacial score (nSPS) is 15.8. The maximum Gasteiger partial charge on any atom is 0.243 e. The molecule has 0 saturated carbocycles. The molecular formula is C18H18ClN3O2S. The van der Waals surface area contributed by atoms with Gasteiger partial charge in [0.25, 0.3) is 0 Å². The Kier molecular flexibility index (Phi) is 5.00. The summed E-state index contributed by atoms with van der Waals surface area (Å²) in [4.78, 5) is 2.38. The van der Waals surface area contributed by atoms with Crippen molar-refractivity contribution in [1.29, 1.82) is 5.26 Å². The van der Waals surface area contributed by atoms with Crippen molar-refractivity contribution in [3.05, 3.63) is 58.6 Å². The molecule has 0 amide bonds. The second kappa shape index (κ2) is 7.04. The van der Waals surface area contributed by atoms with Crippen LogP contribution in [0.4, 0.5) is 5.69 Å². The van der Waals surface area contributed by atoms with E-state index < -0.39 is 10.0 Å². The third kappa shape index (κ3) is 3.64. The van der Waals surface area contributed by atoms with Crippen LogP contribution in [0.15, 0.2) is 47.4 Å². The van der Waals surface area contributed by atoms with Gasteiger partial charge in [-0.2, -0.15) is 9.57 Å². The number of rotatable bonds is 3. The zero-order valence-corrected chi connectivity index (χ0v) is 15.4. The van der Waals surface area contributed by atoms with Crippen LogP contribution in [-0.2, 0) is 10.0 Å². The molecule has 5 nitrogen and oxygen atoms in total. The Morgan fingerprint density at radius 2 is 1.68 bits per heavy atom. The van der Waals surface area contributed by atoms with Gasteiger partial charge in [-0.15, -0.1) is 0 Å². The molecule has 0 unspecified atom stereocenters. The summed E-state index contributed by atoms with van der Waals surface area (Å²) in [5.74, 6) is 0. The minimum absolute atomic E-state index is 0.221. The van der Waals surface area contributed by atoms with Crippen LogP contribution >= 0.6 is 11.6 Å². The molecule has 25 heavy (non-hydrogen) atoms. The van der Waals surface area contributed by atoms with Crippen LogP contribution in [0.1, 0.15) is 11.1 Å². The summed E-state index contributed by atoms with van der Waals surface area (Å²) in [5, 5.41) is 9.51. The molecule has 0 atom stereocenters. The fourth-order valence-electron chi connectivity index (χ4n) is 2.94. The molecule has 7 heteroatoms. The largest absolute Gasteiger partial charge is 0.369 e. The summed E-state index contributed by atoms with van der Waals surface area (Å²) in [5.41, 5.74) is 2.61. The zero-order chi connectivity index (χ0) is 18.0. The van der Waals surface area contributed by atoms with Crippen LogP contribution in [0, 0.1) is 18.3 Å². The van der Waals surface area contributed by atoms with E-state index in [1.54, 1.807) is 0 Å². The smallest absolute Gasteiger partial charge is 0.243 e. The molecule has 2 aromatic rings. The number of nitriles is 1. The first-order valence-electron chi connectivity index (χ1n) is 7.93. The fraction of sp³-hybridized carbons (Fsp3) is 0.278. The van der Waals surface area contributed by atoms with Gasteiger partial charge in [0.1, 0.15) is 0 Å². The molecule has 1 saturated heterocycles. The number of halogens is 1. The minimum Gasteiger partial charge on any atom is -0.369 e. The van der Waals surface area contributed by atoms with Gasteiger partial charge in [-0.05, 0) is 48.9 Å². The average Bonchev–Trinajstić information content (AvgIpc) is 2.64. The summed E-state index contributed by atoms with van der Waals surface area (Å²) in [6.07, 6.45) is 0. The highest BCUT2D eigenvalue weighted by Gasteiger charge is 2.28. The Bertz CT molecular complexity index is 912. The quantitative estimate of drug-likeness (QED) is 0.827. The Morgan fingerprint density at radius 1 is 1.04 bits per heavy atom. The Morgan fingerprint density at radius 3 is 2.28 bits per heavy atom. The first-order chi connectivity index (χ1) is 11.9. The van der Waals surface area contributed by atoms with Crippen LogP contribution in [0.2, 0.25) is 5.02 Å². The number of sulfonamides is 1. The van der Waals surface area contributed by atoms with Crippen molar-refractivity contribution < 1.29 is 8.42 Å². The highest BCUT2D eigenvalue weighted by Crippen LogP contribution is 2.26. The van der Waals surface area contributed by atoms with Crippen LogP contribution in [0.5, 0.6) is 0 Å². The van der Waals surface area contributed by atoms with Crippen molar-refractivity contribution in [3.8, 4) is 6.07 Å². The standard InChI is InChI=1S/C18H18ClN3O2S/c1-14-2-5-16(19)12-18(14)21-8-10-22(11-9-21)25(23,24)17-6-3-15(13-20)4-7-17/h2-7,12H,8-11H2,1H3. The molecule has 0 aliphatic carbocycles. The average molecular weight is 376 g/mol. The first-order valence-corrected chi connectivity index (χ1v) is 9.75. The van der Waals surface area contributed by atoms with Gasteiger partial charge in [0.2, 0.25) is 10.0 Å². The SMILES string of the molecule is Cc1ccc(Cl)cc1N1CCN(S(=O)(=O)c2ccc(C#N)cc2)CC1. The van der Waals surface area contributed by atoms with Crippen LogP contribution in [0.3, 0.4) is 0 Å². The number of anilines is 1. The molecule has 0 spiro atoms. The number of hydrogen-bond donors (Lipinski definition) is 0. The van der Waals surface area contributed by atoms with E-state index in [1.165, 1.54) is 28.6 Å². The van der Waals surface area contributed by atoms with Gasteiger partial charge in [0.05, 0.1) is 16.5 Å². The summed E-state index contributed by atoms with van der Waals surface area (Å²) in [6.45, 7) is 4.06. The van der Waals surface area contributed by atoms with E-state index in [4.69, 9.17) is 16.9 Å². The fourth-order valence-corrected chi connectivity index (χ4v) is 4.53. The summed E-state index contributed by atoms with van der Waals surface area (Å²) in [6, 6.07) is 13.8. The second-order valence-electron chi connectivity index (χ2n) is 5.96. The number of hydrogen-bond acceptors (Lipinski definition) is 4. The third-order valence-corrected chi connectivity index (χ3v) is 6.52. The molecule has 1 aliphatic rings. The molecule has 130 valence electrons. The maximum absolute atomic E-state index is 12.8. The van der Waals surface area contributed by atoms with E-state index in [2.05, 4.69) is 4.90 Å². The molecule has 1 fully saturated rings. The van der Waals surface area contributed by atoms with Crippen molar-refractivity contribution in [1.82, 2.24) is 4.31 Å². The summed E-state index contributed by atoms with van der Waals surface area (Å²) in [7, 11) is -3.54. The zero-order valence-electron chi connectivity index (χ0n) is 13.8. The van der Waals surface area contributed by atoms with Crippen molar-refractivity contribution in [2.75, 3.05) is 31.1 Å². The van der Waals surface area contributed by atoms with E-state index in [9.17, 15) is 8.42 Å². The lowest BCUT2D eigenvalue weighted by Crippen LogP contribution is -2.48. The second-order valence-corrected chi connectivity index (χ2v) is 8.33. The predicted octanol–water partition coefficient (Wildman–Crippen LogP) is 3.03. The van der Waals surface area contributed by atoms with Crippen molar-refractivity contribution in [2.24, 2.45) is 0 Å². The molecule has 0 aromatic heterocycles. The van der Waals surface area contributed by atoms with Crippen molar-refractivity contribution >= 4 is 27.3 Å². The maximum atomic E-state index is 12.8. The molecule has 3 rings (SSSR count). The first kappa shape index (κ1) is 17.7. The number of nitrogens with zero attached hydrogens (tertiary/aromatic N) is 3. The molecule has 1 heterocycles. The molecule has 2 aromatic carbocycles. The minimum atomic E-state index is -3.54. The summed E-state index contributed by atoms with van der Waals surface area (Å²) >= 11 is 6.09. The van der Waals surface area contributed by atoms with Gasteiger partial charge < -0.3 is 4.90 Å². The van der Waals surface area contributed by atoms with E-state index in [0.29, 0.717) is 36.8 Å². The molecular weight excluding hydrogens is 358 g/mol. The highest BCUT2D eigenvalue weighted by molar-refractivity contribution is 7.89. The highest BCUT2D eigenvalue weighted by atomic mass is 35.5. The van der Waals surface area contributed by atoms with E-state index in [1.807, 2.05) is 31.2 Å². The van der Waals surface area contributed by atoms with E-state index in [0.717, 1.165) is 11.3 Å². The predicted molar refractivity (Wildman–Crippen MR) is 98.3 cm³/mol. The summed E-state index contributed by atoms with van der Waals surface area (Å²) < 4.78 is 27.0. The van der Waals surface area contributed by atoms with E-state index >= 15 is 0 Å². The van der Waals surface area contributed by atoms with Gasteiger partial charge >= 0.3 is 0 Å². The lowest BCUT2D eigenvalue weighted by atomic mass is 10.1. The number of benzene rings is 2. The number of piperazine rings is 1. The Labute approximate surface area is 153 Å². The topological polar surface area (TPSA) is 64.4 Å². The van der Waals surface area contributed by atoms with E-state index in [-0.39, 0.29) is 4.90 Å². The van der Waals surface area contributed by atoms with Crippen LogP contribution in [-0.4, -0.2) is 38.9 Å². The lowest BCUT2D eigenvalue weighted by molar-refractivity contribution is 0.385. The number of aryl methyl sites for hydroxylation is 1. The van der Waals surface area contributed by atoms with Crippen molar-refractivity contribution in [3.63, 3.8) is 0 Å². The molecule has 0 bridgehead atoms. The Hall–Kier alpha value is -2.07. The molecule has 0 radical (unpaired) electrons. The van der Waals surface area contributed by atoms with Crippen LogP contribution in [0.25, 0.3) is 0 Å². The van der Waals surface area contributed by atoms with Gasteiger partial charge in [-0.3, -0.25) is 0 Å². The Balaban J connectivity index is 1.75. The molecule has 0 N–H and O–H groups in total. The van der Waals surface area contributed by atoms with Crippen LogP contribution < -0.4 is 4.90 Å². The third-order valence-electron chi connectivity index (χ3n) is 4.37.